The first kappa shape index (κ1) is 14.6. The second-order valence-corrected chi connectivity index (χ2v) is 5.83. The Balaban J connectivity index is 2.15. The molecule has 1 saturated heterocycles. The molecule has 1 aromatic heterocycles. The number of aromatic nitrogens is 2. The van der Waals surface area contributed by atoms with E-state index in [1.165, 1.54) is 11.1 Å². The summed E-state index contributed by atoms with van der Waals surface area (Å²) < 4.78 is 1.20. The van der Waals surface area contributed by atoms with E-state index < -0.39 is 0 Å². The van der Waals surface area contributed by atoms with Gasteiger partial charge in [-0.3, -0.25) is 9.89 Å². The Labute approximate surface area is 133 Å². The van der Waals surface area contributed by atoms with Gasteiger partial charge >= 0.3 is 0 Å². The number of nitrogens with one attached hydrogen (secondary N) is 1. The molecule has 1 aliphatic rings. The zero-order valence-electron chi connectivity index (χ0n) is 12.1. The quantitative estimate of drug-likeness (QED) is 0.733. The largest absolute Gasteiger partial charge is 0.508 e. The number of phenols is 1. The van der Waals surface area contributed by atoms with Crippen LogP contribution < -0.4 is 16.2 Å². The van der Waals surface area contributed by atoms with E-state index in [1.54, 1.807) is 24.3 Å². The van der Waals surface area contributed by atoms with Crippen molar-refractivity contribution in [3.63, 3.8) is 0 Å². The van der Waals surface area contributed by atoms with E-state index in [0.29, 0.717) is 11.4 Å². The van der Waals surface area contributed by atoms with Crippen molar-refractivity contribution in [1.29, 1.82) is 0 Å². The zero-order chi connectivity index (χ0) is 15.7. The molecule has 0 radical (unpaired) electrons. The predicted molar refractivity (Wildman–Crippen MR) is 90.4 cm³/mol. The lowest BCUT2D eigenvalue weighted by Gasteiger charge is -2.27. The number of aromatic hydroxyl groups is 1. The highest BCUT2D eigenvalue weighted by Gasteiger charge is 2.23. The van der Waals surface area contributed by atoms with Gasteiger partial charge in [-0.15, -0.1) is 0 Å². The van der Waals surface area contributed by atoms with Gasteiger partial charge in [-0.25, -0.2) is 0 Å². The molecule has 3 rings (SSSR count). The topological polar surface area (TPSA) is 87.3 Å². The number of rotatable bonds is 2. The van der Waals surface area contributed by atoms with Gasteiger partial charge in [-0.05, 0) is 55.7 Å². The van der Waals surface area contributed by atoms with Crippen molar-refractivity contribution in [3.8, 4) is 17.0 Å². The van der Waals surface area contributed by atoms with Crippen molar-refractivity contribution in [1.82, 2.24) is 9.78 Å². The fraction of sp³-hybridized carbons (Fsp3) is 0.333. The Morgan fingerprint density at radius 1 is 1.18 bits per heavy atom. The van der Waals surface area contributed by atoms with Gasteiger partial charge in [0.2, 0.25) is 0 Å². The molecule has 116 valence electrons. The first-order valence-corrected chi connectivity index (χ1v) is 7.68. The van der Waals surface area contributed by atoms with Crippen molar-refractivity contribution in [2.75, 3.05) is 18.0 Å². The number of piperidine rings is 1. The van der Waals surface area contributed by atoms with Crippen LogP contribution in [0.4, 0.5) is 5.69 Å². The maximum absolute atomic E-state index is 12.6. The zero-order valence-corrected chi connectivity index (χ0v) is 12.9. The molecule has 0 unspecified atom stereocenters. The molecule has 0 aliphatic carbocycles. The highest BCUT2D eigenvalue weighted by molar-refractivity contribution is 7.80. The molecule has 22 heavy (non-hydrogen) atoms. The predicted octanol–water partition coefficient (Wildman–Crippen LogP) is 1.63. The summed E-state index contributed by atoms with van der Waals surface area (Å²) in [6, 6.07) is 6.70. The van der Waals surface area contributed by atoms with Crippen molar-refractivity contribution in [2.45, 2.75) is 19.3 Å². The average Bonchev–Trinajstić information content (AvgIpc) is 2.86. The molecule has 2 heterocycles. The van der Waals surface area contributed by atoms with Gasteiger partial charge in [0.25, 0.3) is 5.56 Å². The normalized spacial score (nSPS) is 15.0. The lowest BCUT2D eigenvalue weighted by atomic mass is 10.1. The third-order valence-electron chi connectivity index (χ3n) is 3.91. The number of thiocarbonyl (C=S) groups is 1. The summed E-state index contributed by atoms with van der Waals surface area (Å²) in [6.45, 7) is 1.69. The Morgan fingerprint density at radius 3 is 2.41 bits per heavy atom. The maximum Gasteiger partial charge on any atom is 0.297 e. The number of H-pyrrole nitrogens is 1. The Kier molecular flexibility index (Phi) is 3.89. The molecule has 0 atom stereocenters. The second-order valence-electron chi connectivity index (χ2n) is 5.41. The lowest BCUT2D eigenvalue weighted by Crippen LogP contribution is -2.36. The van der Waals surface area contributed by atoms with E-state index in [2.05, 4.69) is 10.00 Å². The second kappa shape index (κ2) is 5.84. The minimum absolute atomic E-state index is 0.00622. The fourth-order valence-electron chi connectivity index (χ4n) is 2.82. The molecule has 0 bridgehead atoms. The van der Waals surface area contributed by atoms with Gasteiger partial charge in [0.05, 0.1) is 5.69 Å². The van der Waals surface area contributed by atoms with Crippen molar-refractivity contribution < 1.29 is 5.11 Å². The highest BCUT2D eigenvalue weighted by atomic mass is 32.1. The summed E-state index contributed by atoms with van der Waals surface area (Å²) in [6.07, 6.45) is 3.30. The summed E-state index contributed by atoms with van der Waals surface area (Å²) in [5.41, 5.74) is 7.50. The van der Waals surface area contributed by atoms with Crippen LogP contribution in [0.3, 0.4) is 0 Å². The van der Waals surface area contributed by atoms with Crippen LogP contribution in [0.25, 0.3) is 11.3 Å². The monoisotopic (exact) mass is 318 g/mol. The third kappa shape index (κ3) is 2.59. The maximum atomic E-state index is 12.6. The van der Waals surface area contributed by atoms with Crippen molar-refractivity contribution >= 4 is 23.0 Å². The van der Waals surface area contributed by atoms with Crippen LogP contribution in [-0.4, -0.2) is 33.1 Å². The summed E-state index contributed by atoms with van der Waals surface area (Å²) >= 11 is 4.95. The van der Waals surface area contributed by atoms with Crippen LogP contribution >= 0.6 is 12.2 Å². The van der Waals surface area contributed by atoms with Crippen molar-refractivity contribution in [2.24, 2.45) is 5.73 Å². The van der Waals surface area contributed by atoms with E-state index in [9.17, 15) is 9.90 Å². The van der Waals surface area contributed by atoms with Crippen molar-refractivity contribution in [3.05, 3.63) is 34.6 Å². The number of hydrogen-bond donors (Lipinski definition) is 3. The number of benzene rings is 1. The highest BCUT2D eigenvalue weighted by Crippen LogP contribution is 2.29. The summed E-state index contributed by atoms with van der Waals surface area (Å²) in [7, 11) is 0. The molecule has 4 N–H and O–H groups in total. The smallest absolute Gasteiger partial charge is 0.297 e. The van der Waals surface area contributed by atoms with Gasteiger partial charge in [0.15, 0.2) is 5.11 Å². The lowest BCUT2D eigenvalue weighted by molar-refractivity contribution is 0.475. The summed E-state index contributed by atoms with van der Waals surface area (Å²) in [5.74, 6) is 0.180. The Morgan fingerprint density at radius 2 is 1.82 bits per heavy atom. The third-order valence-corrected chi connectivity index (χ3v) is 4.10. The Bertz CT molecular complexity index is 742. The van der Waals surface area contributed by atoms with E-state index >= 15 is 0 Å². The summed E-state index contributed by atoms with van der Waals surface area (Å²) in [4.78, 5) is 14.7. The fourth-order valence-corrected chi connectivity index (χ4v) is 2.95. The number of phenolic OH excluding ortho intramolecular Hbond substituents is 1. The number of hydrogen-bond acceptors (Lipinski definition) is 4. The molecule has 1 aromatic carbocycles. The average molecular weight is 318 g/mol. The number of nitrogens with zero attached hydrogens (tertiary/aromatic N) is 2. The van der Waals surface area contributed by atoms with E-state index in [1.807, 2.05) is 0 Å². The van der Waals surface area contributed by atoms with E-state index in [4.69, 9.17) is 18.0 Å². The molecule has 1 aliphatic heterocycles. The van der Waals surface area contributed by atoms with Gasteiger partial charge in [-0.1, -0.05) is 0 Å². The van der Waals surface area contributed by atoms with Gasteiger partial charge in [0.1, 0.15) is 11.4 Å². The molecule has 1 fully saturated rings. The molecular weight excluding hydrogens is 300 g/mol. The standard InChI is InChI=1S/C15H18N4O2S/c16-15(22)19-14(21)13(18-8-2-1-3-9-18)12(17-19)10-4-6-11(20)7-5-10/h4-7,17,20H,1-3,8-9H2,(H2,16,22). The van der Waals surface area contributed by atoms with Gasteiger partial charge in [-0.2, -0.15) is 4.68 Å². The number of nitrogens with two attached hydrogens (primary N) is 1. The molecule has 0 amide bonds. The molecule has 2 aromatic rings. The van der Waals surface area contributed by atoms with Crippen LogP contribution in [0.2, 0.25) is 0 Å². The van der Waals surface area contributed by atoms with E-state index in [-0.39, 0.29) is 16.4 Å². The van der Waals surface area contributed by atoms with Crippen LogP contribution in [-0.2, 0) is 0 Å². The SMILES string of the molecule is NC(=S)n1[nH]c(-c2ccc(O)cc2)c(N2CCCCC2)c1=O. The van der Waals surface area contributed by atoms with Crippen LogP contribution in [0.1, 0.15) is 19.3 Å². The number of aromatic amines is 1. The van der Waals surface area contributed by atoms with Gasteiger partial charge in [0, 0.05) is 18.7 Å². The van der Waals surface area contributed by atoms with Crippen LogP contribution in [0, 0.1) is 0 Å². The first-order valence-electron chi connectivity index (χ1n) is 7.27. The first-order chi connectivity index (χ1) is 10.6. The summed E-state index contributed by atoms with van der Waals surface area (Å²) in [5, 5.41) is 12.4. The van der Waals surface area contributed by atoms with Gasteiger partial charge < -0.3 is 15.7 Å². The molecule has 7 heteroatoms. The minimum Gasteiger partial charge on any atom is -0.508 e. The number of anilines is 1. The van der Waals surface area contributed by atoms with Crippen LogP contribution in [0.15, 0.2) is 29.1 Å². The van der Waals surface area contributed by atoms with Crippen LogP contribution in [0.5, 0.6) is 5.75 Å². The Hall–Kier alpha value is -2.28. The molecule has 0 saturated carbocycles. The molecule has 6 nitrogen and oxygen atoms in total. The van der Waals surface area contributed by atoms with E-state index in [0.717, 1.165) is 31.5 Å². The minimum atomic E-state index is -0.225. The molecular formula is C15H18N4O2S. The molecule has 0 spiro atoms.